The van der Waals surface area contributed by atoms with Crippen molar-refractivity contribution in [2.45, 2.75) is 44.0 Å². The van der Waals surface area contributed by atoms with Crippen molar-refractivity contribution in [1.29, 1.82) is 0 Å². The number of carbonyl (C=O) groups excluding carboxylic acids is 1. The highest BCUT2D eigenvalue weighted by Crippen LogP contribution is 2.22. The number of aliphatic hydroxyl groups is 1. The number of sulfonamides is 1. The summed E-state index contributed by atoms with van der Waals surface area (Å²) < 4.78 is 26.9. The van der Waals surface area contributed by atoms with Crippen LogP contribution in [0.3, 0.4) is 0 Å². The number of benzene rings is 1. The van der Waals surface area contributed by atoms with Gasteiger partial charge in [0.2, 0.25) is 10.0 Å². The molecule has 6 nitrogen and oxygen atoms in total. The topological polar surface area (TPSA) is 86.7 Å². The molecule has 0 radical (unpaired) electrons. The molecule has 1 amide bonds. The van der Waals surface area contributed by atoms with Gasteiger partial charge in [-0.1, -0.05) is 12.5 Å². The van der Waals surface area contributed by atoms with Gasteiger partial charge in [-0.25, -0.2) is 8.42 Å². The number of aliphatic hydroxyl groups excluding tert-OH is 1. The van der Waals surface area contributed by atoms with Gasteiger partial charge in [-0.3, -0.25) is 4.79 Å². The molecule has 1 fully saturated rings. The van der Waals surface area contributed by atoms with Gasteiger partial charge in [-0.2, -0.15) is 4.31 Å². The Morgan fingerprint density at radius 3 is 2.57 bits per heavy atom. The van der Waals surface area contributed by atoms with Crippen LogP contribution < -0.4 is 5.32 Å². The molecule has 2 rings (SSSR count). The van der Waals surface area contributed by atoms with Crippen molar-refractivity contribution in [2.75, 3.05) is 19.7 Å². The molecule has 1 heterocycles. The zero-order chi connectivity index (χ0) is 17.0. The maximum absolute atomic E-state index is 12.7. The number of hydrogen-bond acceptors (Lipinski definition) is 4. The normalized spacial score (nSPS) is 17.7. The fraction of sp³-hybridized carbons (Fsp3) is 0.562. The largest absolute Gasteiger partial charge is 0.394 e. The second-order valence-electron chi connectivity index (χ2n) is 6.00. The van der Waals surface area contributed by atoms with Crippen LogP contribution in [0, 0.1) is 6.92 Å². The number of rotatable bonds is 5. The van der Waals surface area contributed by atoms with E-state index >= 15 is 0 Å². The third-order valence-corrected chi connectivity index (χ3v) is 5.95. The molecule has 1 atom stereocenters. The van der Waals surface area contributed by atoms with Crippen LogP contribution in [0.5, 0.6) is 0 Å². The van der Waals surface area contributed by atoms with Crippen molar-refractivity contribution in [3.05, 3.63) is 29.3 Å². The SMILES string of the molecule is Cc1ccc(S(=O)(=O)N2CCCCC2)cc1C(=O)NC(C)CO. The summed E-state index contributed by atoms with van der Waals surface area (Å²) in [7, 11) is -3.56. The van der Waals surface area contributed by atoms with E-state index in [2.05, 4.69) is 5.32 Å². The van der Waals surface area contributed by atoms with E-state index in [-0.39, 0.29) is 23.5 Å². The highest BCUT2D eigenvalue weighted by atomic mass is 32.2. The smallest absolute Gasteiger partial charge is 0.251 e. The predicted molar refractivity (Wildman–Crippen MR) is 87.8 cm³/mol. The molecule has 1 aromatic carbocycles. The van der Waals surface area contributed by atoms with Crippen molar-refractivity contribution >= 4 is 15.9 Å². The van der Waals surface area contributed by atoms with Crippen molar-refractivity contribution in [3.8, 4) is 0 Å². The first-order chi connectivity index (χ1) is 10.9. The van der Waals surface area contributed by atoms with Crippen molar-refractivity contribution in [3.63, 3.8) is 0 Å². The van der Waals surface area contributed by atoms with Gasteiger partial charge < -0.3 is 10.4 Å². The molecule has 2 N–H and O–H groups in total. The Bertz CT molecular complexity index is 667. The Morgan fingerprint density at radius 1 is 1.30 bits per heavy atom. The molecule has 0 aromatic heterocycles. The van der Waals surface area contributed by atoms with Gasteiger partial charge in [-0.05, 0) is 44.4 Å². The second kappa shape index (κ2) is 7.42. The van der Waals surface area contributed by atoms with Gasteiger partial charge >= 0.3 is 0 Å². The Kier molecular flexibility index (Phi) is 5.78. The van der Waals surface area contributed by atoms with E-state index in [0.717, 1.165) is 19.3 Å². The lowest BCUT2D eigenvalue weighted by atomic mass is 10.1. The maximum atomic E-state index is 12.7. The zero-order valence-electron chi connectivity index (χ0n) is 13.6. The van der Waals surface area contributed by atoms with Crippen LogP contribution in [0.25, 0.3) is 0 Å². The third-order valence-electron chi connectivity index (χ3n) is 4.06. The van der Waals surface area contributed by atoms with Crippen molar-refractivity contribution in [1.82, 2.24) is 9.62 Å². The molecule has 1 saturated heterocycles. The molecular formula is C16H24N2O4S. The Morgan fingerprint density at radius 2 is 1.96 bits per heavy atom. The van der Waals surface area contributed by atoms with Crippen LogP contribution in [-0.2, 0) is 10.0 Å². The number of hydrogen-bond donors (Lipinski definition) is 2. The van der Waals surface area contributed by atoms with Gasteiger partial charge in [0, 0.05) is 24.7 Å². The predicted octanol–water partition coefficient (Wildman–Crippen LogP) is 1.28. The van der Waals surface area contributed by atoms with Crippen LogP contribution in [0.2, 0.25) is 0 Å². The molecule has 0 bridgehead atoms. The van der Waals surface area contributed by atoms with E-state index in [1.165, 1.54) is 10.4 Å². The third kappa shape index (κ3) is 4.10. The average molecular weight is 340 g/mol. The minimum Gasteiger partial charge on any atom is -0.394 e. The first-order valence-electron chi connectivity index (χ1n) is 7.89. The van der Waals surface area contributed by atoms with Crippen LogP contribution in [0.1, 0.15) is 42.1 Å². The standard InChI is InChI=1S/C16H24N2O4S/c1-12-6-7-14(10-15(12)16(20)17-13(2)11-19)23(21,22)18-8-4-3-5-9-18/h6-7,10,13,19H,3-5,8-9,11H2,1-2H3,(H,17,20). The fourth-order valence-electron chi connectivity index (χ4n) is 2.61. The number of piperidine rings is 1. The second-order valence-corrected chi connectivity index (χ2v) is 7.94. The molecule has 0 saturated carbocycles. The fourth-order valence-corrected chi connectivity index (χ4v) is 4.15. The van der Waals surface area contributed by atoms with E-state index in [9.17, 15) is 13.2 Å². The molecule has 23 heavy (non-hydrogen) atoms. The van der Waals surface area contributed by atoms with Crippen LogP contribution in [-0.4, -0.2) is 49.5 Å². The molecule has 7 heteroatoms. The summed E-state index contributed by atoms with van der Waals surface area (Å²) in [5.74, 6) is -0.375. The van der Waals surface area contributed by atoms with Crippen LogP contribution >= 0.6 is 0 Å². The molecule has 1 aliphatic rings. The minimum atomic E-state index is -3.56. The quantitative estimate of drug-likeness (QED) is 0.845. The highest BCUT2D eigenvalue weighted by Gasteiger charge is 2.27. The number of carbonyl (C=O) groups is 1. The monoisotopic (exact) mass is 340 g/mol. The Balaban J connectivity index is 2.30. The lowest BCUT2D eigenvalue weighted by Crippen LogP contribution is -2.37. The molecule has 0 spiro atoms. The lowest BCUT2D eigenvalue weighted by molar-refractivity contribution is 0.0921. The zero-order valence-corrected chi connectivity index (χ0v) is 14.4. The molecule has 128 valence electrons. The van der Waals surface area contributed by atoms with E-state index in [4.69, 9.17) is 5.11 Å². The lowest BCUT2D eigenvalue weighted by Gasteiger charge is -2.26. The Labute approximate surface area is 137 Å². The van der Waals surface area contributed by atoms with Crippen LogP contribution in [0.4, 0.5) is 0 Å². The van der Waals surface area contributed by atoms with Crippen molar-refractivity contribution in [2.24, 2.45) is 0 Å². The van der Waals surface area contributed by atoms with E-state index in [1.54, 1.807) is 26.0 Å². The number of aryl methyl sites for hydroxylation is 1. The summed E-state index contributed by atoms with van der Waals surface area (Å²) in [6.45, 7) is 4.33. The molecule has 1 aliphatic heterocycles. The average Bonchev–Trinajstić information content (AvgIpc) is 2.55. The highest BCUT2D eigenvalue weighted by molar-refractivity contribution is 7.89. The van der Waals surface area contributed by atoms with Gasteiger partial charge in [0.1, 0.15) is 0 Å². The summed E-state index contributed by atoms with van der Waals surface area (Å²) in [4.78, 5) is 12.4. The number of nitrogens with one attached hydrogen (secondary N) is 1. The number of nitrogens with zero attached hydrogens (tertiary/aromatic N) is 1. The summed E-state index contributed by atoms with van der Waals surface area (Å²) in [6, 6.07) is 4.24. The van der Waals surface area contributed by atoms with Gasteiger partial charge in [0.25, 0.3) is 5.91 Å². The number of amides is 1. The van der Waals surface area contributed by atoms with Crippen molar-refractivity contribution < 1.29 is 18.3 Å². The first kappa shape index (κ1) is 17.9. The molecular weight excluding hydrogens is 316 g/mol. The van der Waals surface area contributed by atoms with Crippen LogP contribution in [0.15, 0.2) is 23.1 Å². The van der Waals surface area contributed by atoms with Gasteiger partial charge in [0.05, 0.1) is 11.5 Å². The summed E-state index contributed by atoms with van der Waals surface area (Å²) in [6.07, 6.45) is 2.78. The molecule has 1 unspecified atom stereocenters. The minimum absolute atomic E-state index is 0.145. The van der Waals surface area contributed by atoms with Gasteiger partial charge in [0.15, 0.2) is 0 Å². The maximum Gasteiger partial charge on any atom is 0.251 e. The van der Waals surface area contributed by atoms with E-state index in [0.29, 0.717) is 24.2 Å². The summed E-state index contributed by atoms with van der Waals surface area (Å²) in [5.41, 5.74) is 1.02. The van der Waals surface area contributed by atoms with Gasteiger partial charge in [-0.15, -0.1) is 0 Å². The van der Waals surface area contributed by atoms with E-state index in [1.807, 2.05) is 0 Å². The van der Waals surface area contributed by atoms with E-state index < -0.39 is 10.0 Å². The first-order valence-corrected chi connectivity index (χ1v) is 9.33. The summed E-state index contributed by atoms with van der Waals surface area (Å²) in [5, 5.41) is 11.7. The summed E-state index contributed by atoms with van der Waals surface area (Å²) >= 11 is 0. The molecule has 1 aromatic rings. The Hall–Kier alpha value is -1.44. The molecule has 0 aliphatic carbocycles.